The van der Waals surface area contributed by atoms with Gasteiger partial charge in [-0.05, 0) is 31.9 Å². The van der Waals surface area contributed by atoms with Gasteiger partial charge in [-0.15, -0.1) is 0 Å². The van der Waals surface area contributed by atoms with Gasteiger partial charge in [0.15, 0.2) is 5.56 Å². The third-order valence-corrected chi connectivity index (χ3v) is 6.05. The second-order valence-corrected chi connectivity index (χ2v) is 7.81. The van der Waals surface area contributed by atoms with Crippen LogP contribution in [0.3, 0.4) is 0 Å². The zero-order valence-electron chi connectivity index (χ0n) is 16.0. The summed E-state index contributed by atoms with van der Waals surface area (Å²) >= 11 is 0. The van der Waals surface area contributed by atoms with Gasteiger partial charge in [0.1, 0.15) is 5.82 Å². The molecular weight excluding hydrogens is 396 g/mol. The summed E-state index contributed by atoms with van der Waals surface area (Å²) in [7, 11) is 0. The monoisotopic (exact) mass is 423 g/mol. The third-order valence-electron chi connectivity index (χ3n) is 6.05. The molecule has 2 aromatic heterocycles. The van der Waals surface area contributed by atoms with Crippen molar-refractivity contribution in [3.8, 4) is 0 Å². The van der Waals surface area contributed by atoms with Crippen molar-refractivity contribution in [2.24, 2.45) is 0 Å². The van der Waals surface area contributed by atoms with Gasteiger partial charge in [-0.25, -0.2) is 6.07 Å². The molecule has 0 radical (unpaired) electrons. The maximum Gasteiger partial charge on any atom is 1.00 e. The molecule has 0 unspecified atom stereocenters. The first-order valence-corrected chi connectivity index (χ1v) is 10.1. The maximum absolute atomic E-state index is 12.9. The first-order chi connectivity index (χ1) is 12.3. The fraction of sp³-hybridized carbons (Fsp3) is 0.667. The van der Waals surface area contributed by atoms with E-state index in [9.17, 15) is 4.79 Å². The van der Waals surface area contributed by atoms with Gasteiger partial charge in [0.2, 0.25) is 0 Å². The molecule has 2 heterocycles. The van der Waals surface area contributed by atoms with Crippen LogP contribution in [-0.4, -0.2) is 14.5 Å². The van der Waals surface area contributed by atoms with E-state index in [1.807, 2.05) is 10.8 Å². The number of rotatable bonds is 2. The second kappa shape index (κ2) is 10.0. The Balaban J connectivity index is 0.00000196. The van der Waals surface area contributed by atoms with E-state index in [0.29, 0.717) is 22.9 Å². The Kier molecular flexibility index (Phi) is 8.04. The van der Waals surface area contributed by atoms with E-state index in [1.165, 1.54) is 64.2 Å². The number of pyridine rings is 1. The minimum absolute atomic E-state index is 0. The number of fused-ring (bicyclic) bond motifs is 1. The van der Waals surface area contributed by atoms with Gasteiger partial charge >= 0.3 is 58.2 Å². The van der Waals surface area contributed by atoms with E-state index in [1.54, 1.807) is 6.20 Å². The first-order valence-electron chi connectivity index (χ1n) is 10.1. The average molecular weight is 424 g/mol. The summed E-state index contributed by atoms with van der Waals surface area (Å²) in [6.07, 6.45) is 18.4. The number of hydrogen-bond acceptors (Lipinski definition) is 3. The molecule has 0 amide bonds. The summed E-state index contributed by atoms with van der Waals surface area (Å²) in [5.41, 5.74) is 0.758. The summed E-state index contributed by atoms with van der Waals surface area (Å²) < 4.78 is 1.88. The molecule has 0 aromatic carbocycles. The van der Waals surface area contributed by atoms with E-state index in [0.717, 1.165) is 18.7 Å². The van der Waals surface area contributed by atoms with Crippen LogP contribution in [0.1, 0.15) is 94.8 Å². The molecule has 0 aliphatic heterocycles. The van der Waals surface area contributed by atoms with Crippen LogP contribution in [0.15, 0.2) is 17.2 Å². The van der Waals surface area contributed by atoms with Crippen LogP contribution in [0.25, 0.3) is 10.9 Å². The van der Waals surface area contributed by atoms with Gasteiger partial charge in [0.25, 0.3) is 0 Å². The molecule has 5 heteroatoms. The molecule has 2 fully saturated rings. The number of aromatic nitrogens is 3. The molecule has 2 aliphatic carbocycles. The van der Waals surface area contributed by atoms with Crippen LogP contribution in [0.2, 0.25) is 0 Å². The maximum atomic E-state index is 12.9. The van der Waals surface area contributed by atoms with Crippen molar-refractivity contribution >= 4 is 10.9 Å². The summed E-state index contributed by atoms with van der Waals surface area (Å²) in [5.74, 6) is 1.36. The molecule has 0 spiro atoms. The predicted molar refractivity (Wildman–Crippen MR) is 99.8 cm³/mol. The second-order valence-electron chi connectivity index (χ2n) is 7.81. The zero-order chi connectivity index (χ0) is 17.1. The molecule has 0 saturated heterocycles. The molecule has 4 nitrogen and oxygen atoms in total. The summed E-state index contributed by atoms with van der Waals surface area (Å²) in [5, 5.41) is 0.627. The fourth-order valence-electron chi connectivity index (χ4n) is 4.53. The zero-order valence-corrected chi connectivity index (χ0v) is 21.0. The van der Waals surface area contributed by atoms with E-state index in [4.69, 9.17) is 4.98 Å². The molecular formula is C21H28N3ORb. The van der Waals surface area contributed by atoms with Crippen LogP contribution in [-0.2, 0) is 0 Å². The largest absolute Gasteiger partial charge is 1.00 e. The van der Waals surface area contributed by atoms with Crippen LogP contribution < -0.4 is 63.7 Å². The smallest absolute Gasteiger partial charge is 0.345 e. The Labute approximate surface area is 205 Å². The normalized spacial score (nSPS) is 20.3. The fourth-order valence-corrected chi connectivity index (χ4v) is 4.53. The van der Waals surface area contributed by atoms with Crippen molar-refractivity contribution < 1.29 is 58.2 Å². The molecule has 2 aromatic rings. The number of hydrogen-bond donors (Lipinski definition) is 0. The Morgan fingerprint density at radius 1 is 0.923 bits per heavy atom. The van der Waals surface area contributed by atoms with E-state index in [-0.39, 0.29) is 63.7 Å². The predicted octanol–water partition coefficient (Wildman–Crippen LogP) is 1.93. The van der Waals surface area contributed by atoms with Gasteiger partial charge in [0.05, 0.1) is 0 Å². The standard InChI is InChI=1S/C21H28N3O.Rb/c25-21-18-15-22-20(16-9-5-2-1-3-6-10-16)23-19(18)13-14-24(21)17-11-7-4-8-12-17;/h14-17H,1-12H2;/q-1;+1. The quantitative estimate of drug-likeness (QED) is 0.693. The summed E-state index contributed by atoms with van der Waals surface area (Å²) in [6.45, 7) is 0. The Morgan fingerprint density at radius 2 is 1.54 bits per heavy atom. The minimum Gasteiger partial charge on any atom is -0.345 e. The molecule has 134 valence electrons. The topological polar surface area (TPSA) is 47.8 Å². The van der Waals surface area contributed by atoms with E-state index >= 15 is 0 Å². The average Bonchev–Trinajstić information content (AvgIpc) is 2.62. The van der Waals surface area contributed by atoms with Crippen molar-refractivity contribution in [3.63, 3.8) is 0 Å². The molecule has 2 saturated carbocycles. The van der Waals surface area contributed by atoms with Crippen molar-refractivity contribution in [2.45, 2.75) is 89.0 Å². The van der Waals surface area contributed by atoms with Gasteiger partial charge < -0.3 is 4.57 Å². The minimum atomic E-state index is 0. The van der Waals surface area contributed by atoms with Crippen LogP contribution in [0.5, 0.6) is 0 Å². The SMILES string of the molecule is O=c1c2cnc(C3CCCCCCC3)nc2[c-]cn1C1CCCCC1.[Rb+]. The van der Waals surface area contributed by atoms with Crippen molar-refractivity contribution in [2.75, 3.05) is 0 Å². The van der Waals surface area contributed by atoms with Gasteiger partial charge in [0, 0.05) is 12.0 Å². The molecule has 0 N–H and O–H groups in total. The molecule has 0 bridgehead atoms. The molecule has 0 atom stereocenters. The van der Waals surface area contributed by atoms with Crippen molar-refractivity contribution in [1.29, 1.82) is 0 Å². The van der Waals surface area contributed by atoms with Crippen LogP contribution in [0.4, 0.5) is 0 Å². The Bertz CT molecular complexity index is 774. The Morgan fingerprint density at radius 3 is 2.27 bits per heavy atom. The number of nitrogens with zero attached hydrogens (tertiary/aromatic N) is 3. The van der Waals surface area contributed by atoms with Crippen LogP contribution in [0, 0.1) is 6.07 Å². The summed E-state index contributed by atoms with van der Waals surface area (Å²) in [4.78, 5) is 22.2. The van der Waals surface area contributed by atoms with Crippen molar-refractivity contribution in [1.82, 2.24) is 14.5 Å². The van der Waals surface area contributed by atoms with Gasteiger partial charge in [-0.1, -0.05) is 68.5 Å². The van der Waals surface area contributed by atoms with Crippen molar-refractivity contribution in [3.05, 3.63) is 34.6 Å². The molecule has 2 aliphatic rings. The Hall–Kier alpha value is 0.0952. The molecule has 26 heavy (non-hydrogen) atoms. The van der Waals surface area contributed by atoms with E-state index in [2.05, 4.69) is 11.1 Å². The third kappa shape index (κ3) is 4.74. The summed E-state index contributed by atoms with van der Waals surface area (Å²) in [6, 6.07) is 3.60. The van der Waals surface area contributed by atoms with E-state index < -0.39 is 0 Å². The van der Waals surface area contributed by atoms with Gasteiger partial charge in [-0.3, -0.25) is 14.8 Å². The van der Waals surface area contributed by atoms with Gasteiger partial charge in [-0.2, -0.15) is 0 Å². The first kappa shape index (κ1) is 20.8. The van der Waals surface area contributed by atoms with Crippen LogP contribution >= 0.6 is 0 Å². The molecule has 4 rings (SSSR count).